The first-order chi connectivity index (χ1) is 12.1. The minimum absolute atomic E-state index is 0. The van der Waals surface area contributed by atoms with Crippen molar-refractivity contribution in [2.45, 2.75) is 38.1 Å². The number of carbonyl (C=O) groups is 2. The highest BCUT2D eigenvalue weighted by Crippen LogP contribution is 2.17. The van der Waals surface area contributed by atoms with Crippen LogP contribution in [0.5, 0.6) is 0 Å². The summed E-state index contributed by atoms with van der Waals surface area (Å²) in [5.41, 5.74) is 5.14. The number of nitrogens with two attached hydrogens (primary N) is 1. The number of benzene rings is 1. The Balaban J connectivity index is 0.00000676. The average molecular weight is 421 g/mol. The fourth-order valence-electron chi connectivity index (χ4n) is 2.25. The van der Waals surface area contributed by atoms with Crippen LogP contribution in [-0.4, -0.2) is 56.3 Å². The van der Waals surface area contributed by atoms with Crippen molar-refractivity contribution in [3.8, 4) is 0 Å². The van der Waals surface area contributed by atoms with E-state index >= 15 is 0 Å². The second-order valence-electron chi connectivity index (χ2n) is 6.44. The summed E-state index contributed by atoms with van der Waals surface area (Å²) < 4.78 is 26.4. The van der Waals surface area contributed by atoms with E-state index in [4.69, 9.17) is 5.73 Å². The Bertz CT molecular complexity index is 749. The molecule has 0 aliphatic heterocycles. The van der Waals surface area contributed by atoms with Gasteiger partial charge in [0.2, 0.25) is 15.9 Å². The van der Waals surface area contributed by atoms with Gasteiger partial charge in [-0.2, -0.15) is 4.31 Å². The molecule has 0 atom stereocenters. The highest BCUT2D eigenvalue weighted by molar-refractivity contribution is 7.89. The summed E-state index contributed by atoms with van der Waals surface area (Å²) in [6.07, 6.45) is 0. The zero-order valence-corrected chi connectivity index (χ0v) is 17.7. The molecule has 0 spiro atoms. The third kappa shape index (κ3) is 7.10. The number of hydrogen-bond acceptors (Lipinski definition) is 5. The topological polar surface area (TPSA) is 122 Å². The fourth-order valence-corrected chi connectivity index (χ4v) is 3.75. The van der Waals surface area contributed by atoms with Crippen molar-refractivity contribution in [1.82, 2.24) is 14.9 Å². The number of sulfonamides is 1. The third-order valence-electron chi connectivity index (χ3n) is 3.84. The molecular formula is C17H29ClN4O4S. The quantitative estimate of drug-likeness (QED) is 0.543. The molecule has 4 N–H and O–H groups in total. The minimum atomic E-state index is -3.66. The largest absolute Gasteiger partial charge is 0.348 e. The molecule has 0 aliphatic rings. The molecule has 0 fully saturated rings. The van der Waals surface area contributed by atoms with Crippen LogP contribution in [0.2, 0.25) is 0 Å². The van der Waals surface area contributed by atoms with Gasteiger partial charge in [-0.3, -0.25) is 9.59 Å². The highest BCUT2D eigenvalue weighted by Gasteiger charge is 2.23. The molecular weight excluding hydrogens is 392 g/mol. The molecule has 10 heteroatoms. The van der Waals surface area contributed by atoms with Gasteiger partial charge in [0.15, 0.2) is 0 Å². The molecule has 1 aromatic rings. The molecule has 0 aromatic heterocycles. The molecule has 0 aliphatic carbocycles. The smallest absolute Gasteiger partial charge is 0.251 e. The maximum Gasteiger partial charge on any atom is 0.251 e. The van der Waals surface area contributed by atoms with Gasteiger partial charge in [-0.15, -0.1) is 12.4 Å². The lowest BCUT2D eigenvalue weighted by atomic mass is 10.1. The molecule has 1 aromatic carbocycles. The zero-order valence-electron chi connectivity index (χ0n) is 16.1. The minimum Gasteiger partial charge on any atom is -0.348 e. The van der Waals surface area contributed by atoms with E-state index in [1.54, 1.807) is 27.7 Å². The molecule has 0 radical (unpaired) electrons. The number of carbonyl (C=O) groups excluding carboxylic acids is 2. The van der Waals surface area contributed by atoms with Crippen LogP contribution in [-0.2, 0) is 14.8 Å². The molecule has 154 valence electrons. The summed E-state index contributed by atoms with van der Waals surface area (Å²) in [6.45, 7) is 7.76. The maximum absolute atomic E-state index is 12.5. The first-order valence-electron chi connectivity index (χ1n) is 8.47. The van der Waals surface area contributed by atoms with E-state index in [1.165, 1.54) is 28.6 Å². The Kier molecular flexibility index (Phi) is 9.94. The summed E-state index contributed by atoms with van der Waals surface area (Å²) in [7, 11) is -3.66. The number of amides is 2. The molecule has 0 unspecified atom stereocenters. The first kappa shape index (κ1) is 25.3. The van der Waals surface area contributed by atoms with Crippen LogP contribution in [0.15, 0.2) is 29.2 Å². The Labute approximate surface area is 167 Å². The van der Waals surface area contributed by atoms with Crippen molar-refractivity contribution >= 4 is 34.2 Å². The monoisotopic (exact) mass is 420 g/mol. The van der Waals surface area contributed by atoms with Crippen LogP contribution in [0, 0.1) is 0 Å². The van der Waals surface area contributed by atoms with Gasteiger partial charge in [0, 0.05) is 30.7 Å². The number of nitrogens with zero attached hydrogens (tertiary/aromatic N) is 1. The van der Waals surface area contributed by atoms with Crippen LogP contribution in [0.1, 0.15) is 38.1 Å². The van der Waals surface area contributed by atoms with Crippen molar-refractivity contribution in [3.63, 3.8) is 0 Å². The normalized spacial score (nSPS) is 11.6. The maximum atomic E-state index is 12.5. The van der Waals surface area contributed by atoms with Gasteiger partial charge in [-0.05, 0) is 32.0 Å². The van der Waals surface area contributed by atoms with Gasteiger partial charge < -0.3 is 16.4 Å². The SMILES string of the molecule is CCN(CC)S(=O)(=O)c1cccc(C(=O)NCC(=O)NC(C)(C)CN)c1.Cl. The van der Waals surface area contributed by atoms with Crippen molar-refractivity contribution in [3.05, 3.63) is 29.8 Å². The standard InChI is InChI=1S/C17H28N4O4S.ClH/c1-5-21(6-2)26(24,25)14-9-7-8-13(10-14)16(23)19-11-15(22)20-17(3,4)12-18;/h7-10H,5-6,11-12,18H2,1-4H3,(H,19,23)(H,20,22);1H. The van der Waals surface area contributed by atoms with E-state index in [1.807, 2.05) is 0 Å². The van der Waals surface area contributed by atoms with Gasteiger partial charge in [-0.25, -0.2) is 8.42 Å². The average Bonchev–Trinajstić information content (AvgIpc) is 2.60. The lowest BCUT2D eigenvalue weighted by molar-refractivity contribution is -0.121. The van der Waals surface area contributed by atoms with Crippen LogP contribution < -0.4 is 16.4 Å². The molecule has 1 rings (SSSR count). The summed E-state index contributed by atoms with van der Waals surface area (Å²) in [4.78, 5) is 24.2. The molecule has 8 nitrogen and oxygen atoms in total. The van der Waals surface area contributed by atoms with Crippen LogP contribution in [0.3, 0.4) is 0 Å². The summed E-state index contributed by atoms with van der Waals surface area (Å²) in [5.74, 6) is -0.900. The lowest BCUT2D eigenvalue weighted by Crippen LogP contribution is -2.51. The number of hydrogen-bond donors (Lipinski definition) is 3. The van der Waals surface area contributed by atoms with E-state index in [0.29, 0.717) is 13.1 Å². The first-order valence-corrected chi connectivity index (χ1v) is 9.91. The Hall–Kier alpha value is -1.68. The summed E-state index contributed by atoms with van der Waals surface area (Å²) in [6, 6.07) is 5.76. The van der Waals surface area contributed by atoms with Gasteiger partial charge in [0.1, 0.15) is 0 Å². The van der Waals surface area contributed by atoms with E-state index in [-0.39, 0.29) is 41.9 Å². The van der Waals surface area contributed by atoms with Crippen LogP contribution >= 0.6 is 12.4 Å². The van der Waals surface area contributed by atoms with Crippen molar-refractivity contribution in [2.24, 2.45) is 5.73 Å². The number of halogens is 1. The van der Waals surface area contributed by atoms with Gasteiger partial charge in [0.25, 0.3) is 5.91 Å². The van der Waals surface area contributed by atoms with Crippen molar-refractivity contribution < 1.29 is 18.0 Å². The molecule has 0 bridgehead atoms. The van der Waals surface area contributed by atoms with Gasteiger partial charge >= 0.3 is 0 Å². The van der Waals surface area contributed by atoms with Crippen molar-refractivity contribution in [1.29, 1.82) is 0 Å². The summed E-state index contributed by atoms with van der Waals surface area (Å²) in [5, 5.41) is 5.18. The summed E-state index contributed by atoms with van der Waals surface area (Å²) >= 11 is 0. The van der Waals surface area contributed by atoms with Crippen LogP contribution in [0.4, 0.5) is 0 Å². The molecule has 2 amide bonds. The van der Waals surface area contributed by atoms with E-state index in [9.17, 15) is 18.0 Å². The molecule has 0 heterocycles. The zero-order chi connectivity index (χ0) is 20.0. The predicted octanol–water partition coefficient (Wildman–Crippen LogP) is 0.722. The second kappa shape index (κ2) is 10.6. The fraction of sp³-hybridized carbons (Fsp3) is 0.529. The Morgan fingerprint density at radius 3 is 2.30 bits per heavy atom. The van der Waals surface area contributed by atoms with Gasteiger partial charge in [-0.1, -0.05) is 19.9 Å². The van der Waals surface area contributed by atoms with E-state index < -0.39 is 21.5 Å². The molecule has 0 saturated heterocycles. The van der Waals surface area contributed by atoms with Gasteiger partial charge in [0.05, 0.1) is 11.4 Å². The Morgan fingerprint density at radius 2 is 1.78 bits per heavy atom. The lowest BCUT2D eigenvalue weighted by Gasteiger charge is -2.24. The second-order valence-corrected chi connectivity index (χ2v) is 8.37. The van der Waals surface area contributed by atoms with Crippen LogP contribution in [0.25, 0.3) is 0 Å². The van der Waals surface area contributed by atoms with E-state index in [0.717, 1.165) is 0 Å². The number of nitrogens with one attached hydrogen (secondary N) is 2. The van der Waals surface area contributed by atoms with Crippen molar-refractivity contribution in [2.75, 3.05) is 26.2 Å². The predicted molar refractivity (Wildman–Crippen MR) is 107 cm³/mol. The molecule has 27 heavy (non-hydrogen) atoms. The van der Waals surface area contributed by atoms with E-state index in [2.05, 4.69) is 10.6 Å². The number of rotatable bonds is 9. The third-order valence-corrected chi connectivity index (χ3v) is 5.88. The highest BCUT2D eigenvalue weighted by atomic mass is 35.5. The molecule has 0 saturated carbocycles. The Morgan fingerprint density at radius 1 is 1.19 bits per heavy atom.